The van der Waals surface area contributed by atoms with E-state index in [0.717, 1.165) is 74.2 Å². The van der Waals surface area contributed by atoms with E-state index in [1.807, 2.05) is 43.4 Å². The Bertz CT molecular complexity index is 1740. The van der Waals surface area contributed by atoms with Gasteiger partial charge in [-0.3, -0.25) is 19.7 Å². The van der Waals surface area contributed by atoms with Crippen LogP contribution in [0.15, 0.2) is 59.8 Å². The van der Waals surface area contributed by atoms with Crippen LogP contribution in [0.3, 0.4) is 0 Å². The molecule has 3 aromatic heterocycles. The van der Waals surface area contributed by atoms with Crippen molar-refractivity contribution in [1.82, 2.24) is 19.4 Å². The molecule has 5 heterocycles. The van der Waals surface area contributed by atoms with Gasteiger partial charge in [-0.25, -0.2) is 4.39 Å². The summed E-state index contributed by atoms with van der Waals surface area (Å²) in [4.78, 5) is 29.9. The zero-order valence-corrected chi connectivity index (χ0v) is 26.3. The first-order valence-corrected chi connectivity index (χ1v) is 16.5. The van der Waals surface area contributed by atoms with Crippen molar-refractivity contribution >= 4 is 22.3 Å². The lowest BCUT2D eigenvalue weighted by atomic mass is 10.0. The quantitative estimate of drug-likeness (QED) is 0.282. The summed E-state index contributed by atoms with van der Waals surface area (Å²) in [6.07, 6.45) is 11.1. The Labute approximate surface area is 264 Å². The minimum atomic E-state index is -0.463. The van der Waals surface area contributed by atoms with Crippen LogP contribution in [-0.4, -0.2) is 62.9 Å². The minimum absolute atomic E-state index is 0.0997. The highest BCUT2D eigenvalue weighted by Crippen LogP contribution is 2.38. The molecule has 9 heteroatoms. The maximum absolute atomic E-state index is 15.7. The van der Waals surface area contributed by atoms with Crippen LogP contribution < -0.4 is 15.2 Å². The second-order valence-electron chi connectivity index (χ2n) is 13.3. The van der Waals surface area contributed by atoms with Crippen LogP contribution in [0.2, 0.25) is 0 Å². The first-order chi connectivity index (χ1) is 21.8. The molecular weight excluding hydrogens is 567 g/mol. The summed E-state index contributed by atoms with van der Waals surface area (Å²) in [6.45, 7) is 8.12. The molecular formula is C36H43FN6O2. The Morgan fingerprint density at radius 3 is 2.51 bits per heavy atom. The first kappa shape index (κ1) is 29.9. The summed E-state index contributed by atoms with van der Waals surface area (Å²) in [6, 6.07) is 12.2. The number of β-amino-alcohol motifs (C(OH)–C–C–N with tert-alkyl or cyclic N) is 1. The number of halogens is 1. The van der Waals surface area contributed by atoms with Gasteiger partial charge in [0.1, 0.15) is 5.82 Å². The SMILES string of the molecule is Cc1ccc(N2CCC[C@H](N(Cc3ccnc(C)c3)Cc3cn(C4CC4)c4cc(N5CCC[C@H](O)C5)c(F)cc4c3=O)C2)cn1. The summed E-state index contributed by atoms with van der Waals surface area (Å²) >= 11 is 0. The molecule has 1 saturated carbocycles. The van der Waals surface area contributed by atoms with E-state index in [2.05, 4.69) is 48.6 Å². The highest BCUT2D eigenvalue weighted by Gasteiger charge is 2.30. The molecule has 1 aromatic carbocycles. The smallest absolute Gasteiger partial charge is 0.193 e. The second-order valence-corrected chi connectivity index (χ2v) is 13.3. The monoisotopic (exact) mass is 610 g/mol. The van der Waals surface area contributed by atoms with E-state index < -0.39 is 11.9 Å². The average molecular weight is 611 g/mol. The number of benzene rings is 1. The summed E-state index contributed by atoms with van der Waals surface area (Å²) in [5.74, 6) is -0.396. The number of aliphatic hydroxyl groups excluding tert-OH is 1. The minimum Gasteiger partial charge on any atom is -0.391 e. The summed E-state index contributed by atoms with van der Waals surface area (Å²) in [5, 5.41) is 10.7. The molecule has 2 atom stereocenters. The molecule has 3 fully saturated rings. The number of piperidine rings is 2. The van der Waals surface area contributed by atoms with Crippen LogP contribution in [0.1, 0.15) is 67.1 Å². The van der Waals surface area contributed by atoms with Crippen molar-refractivity contribution in [3.63, 3.8) is 0 Å². The van der Waals surface area contributed by atoms with Crippen LogP contribution >= 0.6 is 0 Å². The third kappa shape index (κ3) is 6.47. The fourth-order valence-corrected chi connectivity index (χ4v) is 7.20. The van der Waals surface area contributed by atoms with Crippen molar-refractivity contribution in [2.45, 2.75) is 83.6 Å². The number of anilines is 2. The van der Waals surface area contributed by atoms with Gasteiger partial charge in [-0.05, 0) is 94.3 Å². The van der Waals surface area contributed by atoms with Gasteiger partial charge in [-0.1, -0.05) is 0 Å². The van der Waals surface area contributed by atoms with Gasteiger partial charge in [-0.2, -0.15) is 0 Å². The number of fused-ring (bicyclic) bond motifs is 1. The number of hydrogen-bond acceptors (Lipinski definition) is 7. The molecule has 2 saturated heterocycles. The van der Waals surface area contributed by atoms with Crippen molar-refractivity contribution in [3.8, 4) is 0 Å². The lowest BCUT2D eigenvalue weighted by Gasteiger charge is -2.40. The molecule has 0 spiro atoms. The van der Waals surface area contributed by atoms with Crippen LogP contribution in [0.4, 0.5) is 15.8 Å². The van der Waals surface area contributed by atoms with Crippen LogP contribution in [0.25, 0.3) is 10.9 Å². The van der Waals surface area contributed by atoms with Crippen molar-refractivity contribution in [2.24, 2.45) is 0 Å². The van der Waals surface area contributed by atoms with Crippen LogP contribution in [-0.2, 0) is 13.1 Å². The molecule has 1 aliphatic carbocycles. The predicted octanol–water partition coefficient (Wildman–Crippen LogP) is 5.51. The predicted molar refractivity (Wildman–Crippen MR) is 176 cm³/mol. The van der Waals surface area contributed by atoms with Gasteiger partial charge >= 0.3 is 0 Å². The number of aryl methyl sites for hydroxylation is 2. The van der Waals surface area contributed by atoms with Gasteiger partial charge < -0.3 is 19.5 Å². The third-order valence-corrected chi connectivity index (χ3v) is 9.75. The number of hydrogen-bond donors (Lipinski definition) is 1. The van der Waals surface area contributed by atoms with Crippen LogP contribution in [0.5, 0.6) is 0 Å². The molecule has 4 aromatic rings. The number of rotatable bonds is 8. The largest absolute Gasteiger partial charge is 0.391 e. The van der Waals surface area contributed by atoms with E-state index in [9.17, 15) is 9.90 Å². The number of aromatic nitrogens is 3. The van der Waals surface area contributed by atoms with Gasteiger partial charge in [0.2, 0.25) is 0 Å². The Morgan fingerprint density at radius 1 is 0.933 bits per heavy atom. The lowest BCUT2D eigenvalue weighted by Crippen LogP contribution is -2.48. The zero-order chi connectivity index (χ0) is 31.1. The molecule has 7 rings (SSSR count). The molecule has 236 valence electrons. The van der Waals surface area contributed by atoms with E-state index in [0.29, 0.717) is 48.9 Å². The van der Waals surface area contributed by atoms with Gasteiger partial charge in [-0.15, -0.1) is 0 Å². The Morgan fingerprint density at radius 2 is 1.76 bits per heavy atom. The maximum Gasteiger partial charge on any atom is 0.193 e. The molecule has 45 heavy (non-hydrogen) atoms. The highest BCUT2D eigenvalue weighted by molar-refractivity contribution is 5.84. The standard InChI is InChI=1S/C36H43FN6O2/c1-24-7-8-29(18-39-24)40-13-3-5-30(22-40)42(19-26-11-12-38-25(2)15-26)20-27-21-43(28-9-10-28)34-17-35(33(37)16-32(34)36(27)45)41-14-4-6-31(44)23-41/h7-8,11-12,15-18,21,28,30-31,44H,3-6,9-10,13-14,19-20,22-23H2,1-2H3/t30-,31-/m0/s1. The van der Waals surface area contributed by atoms with Crippen LogP contribution in [0, 0.1) is 19.7 Å². The average Bonchev–Trinajstić information content (AvgIpc) is 3.88. The van der Waals surface area contributed by atoms with E-state index in [1.165, 1.54) is 11.6 Å². The topological polar surface area (TPSA) is 77.7 Å². The van der Waals surface area contributed by atoms with Gasteiger partial charge in [0.15, 0.2) is 5.43 Å². The highest BCUT2D eigenvalue weighted by atomic mass is 19.1. The molecule has 0 radical (unpaired) electrons. The summed E-state index contributed by atoms with van der Waals surface area (Å²) in [7, 11) is 0. The van der Waals surface area contributed by atoms with Crippen molar-refractivity contribution in [3.05, 3.63) is 93.5 Å². The Balaban J connectivity index is 1.25. The lowest BCUT2D eigenvalue weighted by molar-refractivity contribution is 0.154. The maximum atomic E-state index is 15.7. The Hall–Kier alpha value is -3.82. The van der Waals surface area contributed by atoms with E-state index >= 15 is 4.39 Å². The van der Waals surface area contributed by atoms with Crippen molar-refractivity contribution in [1.29, 1.82) is 0 Å². The Kier molecular flexibility index (Phi) is 8.31. The van der Waals surface area contributed by atoms with E-state index in [-0.39, 0.29) is 11.5 Å². The van der Waals surface area contributed by atoms with Gasteiger partial charge in [0.05, 0.1) is 29.2 Å². The fraction of sp³-hybridized carbons (Fsp3) is 0.472. The molecule has 0 unspecified atom stereocenters. The molecule has 8 nitrogen and oxygen atoms in total. The van der Waals surface area contributed by atoms with Gasteiger partial charge in [0.25, 0.3) is 0 Å². The molecule has 0 amide bonds. The fourth-order valence-electron chi connectivity index (χ4n) is 7.20. The molecule has 3 aliphatic rings. The van der Waals surface area contributed by atoms with E-state index in [4.69, 9.17) is 0 Å². The number of pyridine rings is 3. The molecule has 1 N–H and O–H groups in total. The number of aliphatic hydroxyl groups is 1. The first-order valence-electron chi connectivity index (χ1n) is 16.5. The third-order valence-electron chi connectivity index (χ3n) is 9.75. The van der Waals surface area contributed by atoms with Gasteiger partial charge in [0, 0.05) is 86.1 Å². The molecule has 2 aliphatic heterocycles. The zero-order valence-electron chi connectivity index (χ0n) is 26.3. The van der Waals surface area contributed by atoms with E-state index in [1.54, 1.807) is 0 Å². The van der Waals surface area contributed by atoms with Crippen molar-refractivity contribution < 1.29 is 9.50 Å². The summed E-state index contributed by atoms with van der Waals surface area (Å²) < 4.78 is 17.9. The molecule has 0 bridgehead atoms. The second kappa shape index (κ2) is 12.5. The summed E-state index contributed by atoms with van der Waals surface area (Å²) in [5.41, 5.74) is 6.13. The number of nitrogens with zero attached hydrogens (tertiary/aromatic N) is 6. The normalized spacial score (nSPS) is 20.7. The van der Waals surface area contributed by atoms with Crippen molar-refractivity contribution in [2.75, 3.05) is 36.0 Å².